The molecule has 0 radical (unpaired) electrons. The van der Waals surface area contributed by atoms with Gasteiger partial charge in [0.15, 0.2) is 5.76 Å². The van der Waals surface area contributed by atoms with Crippen molar-refractivity contribution in [2.45, 2.75) is 0 Å². The summed E-state index contributed by atoms with van der Waals surface area (Å²) in [5.41, 5.74) is 0.918. The summed E-state index contributed by atoms with van der Waals surface area (Å²) in [6.07, 6.45) is 1.46. The van der Waals surface area contributed by atoms with E-state index in [9.17, 15) is 15.0 Å². The number of carbonyl (C=O) groups is 1. The molecule has 4 heteroatoms. The molecule has 1 aliphatic heterocycles. The number of ether oxygens (including phenoxy) is 1. The Bertz CT molecular complexity index is 701. The summed E-state index contributed by atoms with van der Waals surface area (Å²) in [6.45, 7) is 0. The van der Waals surface area contributed by atoms with Gasteiger partial charge in [-0.3, -0.25) is 4.79 Å². The van der Waals surface area contributed by atoms with Crippen LogP contribution in [0.5, 0.6) is 17.2 Å². The van der Waals surface area contributed by atoms with Crippen molar-refractivity contribution in [3.63, 3.8) is 0 Å². The predicted octanol–water partition coefficient (Wildman–Crippen LogP) is 2.71. The van der Waals surface area contributed by atoms with Gasteiger partial charge in [0.1, 0.15) is 17.2 Å². The third kappa shape index (κ3) is 1.93. The van der Waals surface area contributed by atoms with E-state index in [-0.39, 0.29) is 23.0 Å². The van der Waals surface area contributed by atoms with Gasteiger partial charge < -0.3 is 14.9 Å². The van der Waals surface area contributed by atoms with Crippen molar-refractivity contribution in [3.8, 4) is 17.2 Å². The van der Waals surface area contributed by atoms with Gasteiger partial charge in [0, 0.05) is 11.6 Å². The van der Waals surface area contributed by atoms with Crippen LogP contribution >= 0.6 is 0 Å². The molecule has 2 N–H and O–H groups in total. The zero-order valence-electron chi connectivity index (χ0n) is 9.83. The maximum absolute atomic E-state index is 12.1. The number of aromatic hydroxyl groups is 2. The Morgan fingerprint density at radius 2 is 1.84 bits per heavy atom. The van der Waals surface area contributed by atoms with Crippen molar-refractivity contribution >= 4 is 11.9 Å². The van der Waals surface area contributed by atoms with Crippen molar-refractivity contribution in [3.05, 3.63) is 59.4 Å². The molecule has 1 heterocycles. The number of hydrogen-bond donors (Lipinski definition) is 2. The Labute approximate surface area is 109 Å². The minimum Gasteiger partial charge on any atom is -0.508 e. The van der Waals surface area contributed by atoms with Gasteiger partial charge in [-0.05, 0) is 30.3 Å². The molecule has 0 atom stereocenters. The van der Waals surface area contributed by atoms with E-state index in [0.717, 1.165) is 0 Å². The molecular weight excluding hydrogens is 244 g/mol. The molecular formula is C15H10O4. The van der Waals surface area contributed by atoms with Gasteiger partial charge in [-0.25, -0.2) is 0 Å². The maximum atomic E-state index is 12.1. The number of rotatable bonds is 1. The molecule has 0 aliphatic carbocycles. The van der Waals surface area contributed by atoms with E-state index < -0.39 is 0 Å². The summed E-state index contributed by atoms with van der Waals surface area (Å²) in [5, 5.41) is 18.9. The van der Waals surface area contributed by atoms with Crippen LogP contribution in [-0.4, -0.2) is 16.0 Å². The van der Waals surface area contributed by atoms with Gasteiger partial charge in [0.25, 0.3) is 0 Å². The smallest absolute Gasteiger partial charge is 0.231 e. The average molecular weight is 254 g/mol. The first-order chi connectivity index (χ1) is 9.15. The lowest BCUT2D eigenvalue weighted by Gasteiger charge is -2.01. The molecule has 0 saturated heterocycles. The number of allylic oxidation sites excluding steroid dienone is 1. The van der Waals surface area contributed by atoms with E-state index in [2.05, 4.69) is 0 Å². The quantitative estimate of drug-likeness (QED) is 0.768. The Morgan fingerprint density at radius 1 is 1.05 bits per heavy atom. The molecule has 3 rings (SSSR count). The third-order valence-corrected chi connectivity index (χ3v) is 2.88. The fourth-order valence-electron chi connectivity index (χ4n) is 1.93. The summed E-state index contributed by atoms with van der Waals surface area (Å²) in [4.78, 5) is 12.1. The first kappa shape index (κ1) is 11.3. The lowest BCUT2D eigenvalue weighted by Crippen LogP contribution is -1.98. The monoisotopic (exact) mass is 254 g/mol. The van der Waals surface area contributed by atoms with Crippen LogP contribution in [-0.2, 0) is 0 Å². The third-order valence-electron chi connectivity index (χ3n) is 2.88. The van der Waals surface area contributed by atoms with Crippen LogP contribution in [0.3, 0.4) is 0 Å². The van der Waals surface area contributed by atoms with Crippen molar-refractivity contribution < 1.29 is 19.7 Å². The fourth-order valence-corrected chi connectivity index (χ4v) is 1.93. The minimum atomic E-state index is -0.219. The van der Waals surface area contributed by atoms with Crippen molar-refractivity contribution in [1.29, 1.82) is 0 Å². The largest absolute Gasteiger partial charge is 0.508 e. The lowest BCUT2D eigenvalue weighted by molar-refractivity contribution is 0.101. The predicted molar refractivity (Wildman–Crippen MR) is 69.1 cm³/mol. The second-order valence-corrected chi connectivity index (χ2v) is 4.18. The summed E-state index contributed by atoms with van der Waals surface area (Å²) in [6, 6.07) is 11.1. The van der Waals surface area contributed by atoms with Crippen LogP contribution in [0.4, 0.5) is 0 Å². The number of para-hydroxylation sites is 1. The number of phenolic OH excluding ortho intramolecular Hbond substituents is 2. The van der Waals surface area contributed by atoms with Crippen molar-refractivity contribution in [2.24, 2.45) is 0 Å². The van der Waals surface area contributed by atoms with Crippen LogP contribution in [0.1, 0.15) is 15.9 Å². The molecule has 0 amide bonds. The van der Waals surface area contributed by atoms with E-state index in [0.29, 0.717) is 16.9 Å². The molecule has 0 fully saturated rings. The molecule has 2 aromatic rings. The van der Waals surface area contributed by atoms with Gasteiger partial charge in [-0.15, -0.1) is 0 Å². The maximum Gasteiger partial charge on any atom is 0.231 e. The molecule has 19 heavy (non-hydrogen) atoms. The highest BCUT2D eigenvalue weighted by molar-refractivity contribution is 6.14. The van der Waals surface area contributed by atoms with Gasteiger partial charge >= 0.3 is 0 Å². The Balaban J connectivity index is 2.01. The van der Waals surface area contributed by atoms with Crippen molar-refractivity contribution in [1.82, 2.24) is 0 Å². The first-order valence-electron chi connectivity index (χ1n) is 5.70. The summed E-state index contributed by atoms with van der Waals surface area (Å²) < 4.78 is 5.45. The van der Waals surface area contributed by atoms with E-state index >= 15 is 0 Å². The van der Waals surface area contributed by atoms with E-state index in [1.54, 1.807) is 24.3 Å². The van der Waals surface area contributed by atoms with Crippen LogP contribution in [0.2, 0.25) is 0 Å². The SMILES string of the molecule is O=C1/C(=C/c2ccc(O)cc2O)Oc2ccccc21. The van der Waals surface area contributed by atoms with Crippen LogP contribution in [0, 0.1) is 0 Å². The Kier molecular flexibility index (Phi) is 2.49. The fraction of sp³-hybridized carbons (Fsp3) is 0. The number of fused-ring (bicyclic) bond motifs is 1. The van der Waals surface area contributed by atoms with Gasteiger partial charge in [0.05, 0.1) is 5.56 Å². The second kappa shape index (κ2) is 4.17. The molecule has 0 unspecified atom stereocenters. The van der Waals surface area contributed by atoms with Crippen LogP contribution in [0.25, 0.3) is 6.08 Å². The lowest BCUT2D eigenvalue weighted by atomic mass is 10.1. The standard InChI is InChI=1S/C15H10O4/c16-10-6-5-9(12(17)8-10)7-14-15(18)11-3-1-2-4-13(11)19-14/h1-8,16-17H/b14-7-. The Morgan fingerprint density at radius 3 is 2.58 bits per heavy atom. The topological polar surface area (TPSA) is 66.8 Å². The summed E-state index contributed by atoms with van der Waals surface area (Å²) >= 11 is 0. The van der Waals surface area contributed by atoms with Gasteiger partial charge in [0.2, 0.25) is 5.78 Å². The molecule has 1 aliphatic rings. The normalized spacial score (nSPS) is 15.4. The molecule has 2 aromatic carbocycles. The van der Waals surface area contributed by atoms with Crippen molar-refractivity contribution in [2.75, 3.05) is 0 Å². The second-order valence-electron chi connectivity index (χ2n) is 4.18. The number of carbonyl (C=O) groups excluding carboxylic acids is 1. The molecule has 94 valence electrons. The summed E-state index contributed by atoms with van der Waals surface area (Å²) in [7, 11) is 0. The zero-order valence-corrected chi connectivity index (χ0v) is 9.83. The van der Waals surface area contributed by atoms with E-state index in [4.69, 9.17) is 4.74 Å². The highest BCUT2D eigenvalue weighted by Gasteiger charge is 2.26. The molecule has 0 bridgehead atoms. The Hall–Kier alpha value is -2.75. The van der Waals surface area contributed by atoms with Gasteiger partial charge in [-0.2, -0.15) is 0 Å². The highest BCUT2D eigenvalue weighted by Crippen LogP contribution is 2.33. The number of hydrogen-bond acceptors (Lipinski definition) is 4. The number of phenols is 2. The zero-order chi connectivity index (χ0) is 13.4. The number of ketones is 1. The molecule has 0 aromatic heterocycles. The number of Topliss-reactive ketones (excluding diaryl/α,β-unsaturated/α-hetero) is 1. The van der Waals surface area contributed by atoms with Gasteiger partial charge in [-0.1, -0.05) is 12.1 Å². The minimum absolute atomic E-state index is 0.0402. The number of benzene rings is 2. The average Bonchev–Trinajstić information content (AvgIpc) is 2.70. The highest BCUT2D eigenvalue weighted by atomic mass is 16.5. The summed E-state index contributed by atoms with van der Waals surface area (Å²) in [5.74, 6) is 0.295. The van der Waals surface area contributed by atoms with E-state index in [1.807, 2.05) is 0 Å². The van der Waals surface area contributed by atoms with Crippen LogP contribution < -0.4 is 4.74 Å². The molecule has 0 spiro atoms. The van der Waals surface area contributed by atoms with E-state index in [1.165, 1.54) is 24.3 Å². The molecule has 4 nitrogen and oxygen atoms in total. The molecule has 0 saturated carbocycles. The first-order valence-corrected chi connectivity index (χ1v) is 5.70. The van der Waals surface area contributed by atoms with Crippen LogP contribution in [0.15, 0.2) is 48.2 Å².